The van der Waals surface area contributed by atoms with E-state index in [1.165, 1.54) is 12.0 Å². The molecular weight excluding hydrogens is 372 g/mol. The van der Waals surface area contributed by atoms with Crippen molar-refractivity contribution in [2.24, 2.45) is 5.92 Å². The van der Waals surface area contributed by atoms with E-state index >= 15 is 0 Å². The molecule has 1 saturated carbocycles. The van der Waals surface area contributed by atoms with Gasteiger partial charge in [-0.1, -0.05) is 12.5 Å². The third-order valence-electron chi connectivity index (χ3n) is 5.97. The minimum atomic E-state index is -0.910. The standard InChI is InChI=1S/C21H28N4O2S/c1-24(13-16-4-3-9-22-12-16)14-19-23-18(15-28-19)21(27)7-10-25(11-8-21)20(26)17-5-2-6-17/h3-4,9,12,15,17,27H,2,5-8,10-11,13-14H2,1H3. The Kier molecular flexibility index (Phi) is 5.75. The van der Waals surface area contributed by atoms with Gasteiger partial charge in [0.2, 0.25) is 5.91 Å². The lowest BCUT2D eigenvalue weighted by molar-refractivity contribution is -0.142. The van der Waals surface area contributed by atoms with Crippen LogP contribution in [0.5, 0.6) is 0 Å². The summed E-state index contributed by atoms with van der Waals surface area (Å²) >= 11 is 1.60. The van der Waals surface area contributed by atoms with Crippen LogP contribution in [-0.4, -0.2) is 50.9 Å². The number of rotatable bonds is 6. The van der Waals surface area contributed by atoms with Crippen LogP contribution in [0.15, 0.2) is 29.9 Å². The lowest BCUT2D eigenvalue weighted by atomic mass is 9.82. The smallest absolute Gasteiger partial charge is 0.225 e. The van der Waals surface area contributed by atoms with E-state index in [1.807, 2.05) is 22.5 Å². The van der Waals surface area contributed by atoms with E-state index in [9.17, 15) is 9.90 Å². The summed E-state index contributed by atoms with van der Waals surface area (Å²) < 4.78 is 0. The van der Waals surface area contributed by atoms with Crippen molar-refractivity contribution in [3.8, 4) is 0 Å². The summed E-state index contributed by atoms with van der Waals surface area (Å²) in [6.45, 7) is 2.80. The summed E-state index contributed by atoms with van der Waals surface area (Å²) in [5.74, 6) is 0.511. The molecule has 1 saturated heterocycles. The number of thiazole rings is 1. The van der Waals surface area contributed by atoms with Crippen molar-refractivity contribution in [2.75, 3.05) is 20.1 Å². The van der Waals surface area contributed by atoms with Crippen LogP contribution in [0.25, 0.3) is 0 Å². The number of carbonyl (C=O) groups excluding carboxylic acids is 1. The van der Waals surface area contributed by atoms with Crippen LogP contribution in [0, 0.1) is 5.92 Å². The Bertz CT molecular complexity index is 798. The van der Waals surface area contributed by atoms with E-state index in [4.69, 9.17) is 4.98 Å². The minimum Gasteiger partial charge on any atom is -0.383 e. The van der Waals surface area contributed by atoms with Gasteiger partial charge in [-0.25, -0.2) is 4.98 Å². The average Bonchev–Trinajstić information content (AvgIpc) is 3.11. The Labute approximate surface area is 170 Å². The molecule has 7 heteroatoms. The Balaban J connectivity index is 1.32. The molecule has 1 N–H and O–H groups in total. The van der Waals surface area contributed by atoms with Gasteiger partial charge in [0.1, 0.15) is 10.6 Å². The van der Waals surface area contributed by atoms with Gasteiger partial charge in [-0.2, -0.15) is 0 Å². The Morgan fingerprint density at radius 1 is 1.36 bits per heavy atom. The number of piperidine rings is 1. The van der Waals surface area contributed by atoms with Crippen molar-refractivity contribution >= 4 is 17.2 Å². The highest BCUT2D eigenvalue weighted by Gasteiger charge is 2.39. The van der Waals surface area contributed by atoms with Gasteiger partial charge >= 0.3 is 0 Å². The zero-order chi connectivity index (χ0) is 19.6. The highest BCUT2D eigenvalue weighted by atomic mass is 32.1. The number of aromatic nitrogens is 2. The second kappa shape index (κ2) is 8.27. The lowest BCUT2D eigenvalue weighted by Crippen LogP contribution is -2.48. The summed E-state index contributed by atoms with van der Waals surface area (Å²) in [4.78, 5) is 25.4. The van der Waals surface area contributed by atoms with Crippen molar-refractivity contribution in [2.45, 2.75) is 50.8 Å². The summed E-state index contributed by atoms with van der Waals surface area (Å²) in [7, 11) is 2.06. The van der Waals surface area contributed by atoms with Gasteiger partial charge in [-0.3, -0.25) is 14.7 Å². The first-order valence-corrected chi connectivity index (χ1v) is 10.9. The van der Waals surface area contributed by atoms with E-state index in [0.29, 0.717) is 25.9 Å². The molecule has 0 spiro atoms. The number of hydrogen-bond acceptors (Lipinski definition) is 6. The molecule has 2 fully saturated rings. The summed E-state index contributed by atoms with van der Waals surface area (Å²) in [5.41, 5.74) is 1.02. The van der Waals surface area contributed by atoms with Crippen LogP contribution in [0.3, 0.4) is 0 Å². The molecule has 2 aromatic heterocycles. The number of nitrogens with zero attached hydrogens (tertiary/aromatic N) is 4. The van der Waals surface area contributed by atoms with Crippen LogP contribution in [0.2, 0.25) is 0 Å². The topological polar surface area (TPSA) is 69.6 Å². The van der Waals surface area contributed by atoms with Gasteiger partial charge in [-0.05, 0) is 44.4 Å². The second-order valence-corrected chi connectivity index (χ2v) is 9.09. The molecule has 150 valence electrons. The first-order valence-electron chi connectivity index (χ1n) is 10.1. The largest absolute Gasteiger partial charge is 0.383 e. The van der Waals surface area contributed by atoms with Crippen molar-refractivity contribution in [1.29, 1.82) is 0 Å². The molecule has 0 unspecified atom stereocenters. The Hall–Kier alpha value is -1.83. The summed E-state index contributed by atoms with van der Waals surface area (Å²) in [6.07, 6.45) is 8.03. The molecule has 0 aromatic carbocycles. The second-order valence-electron chi connectivity index (χ2n) is 8.14. The van der Waals surface area contributed by atoms with Gasteiger partial charge in [0, 0.05) is 43.3 Å². The van der Waals surface area contributed by atoms with Gasteiger partial charge in [-0.15, -0.1) is 11.3 Å². The maximum atomic E-state index is 12.4. The van der Waals surface area contributed by atoms with Crippen LogP contribution in [-0.2, 0) is 23.5 Å². The van der Waals surface area contributed by atoms with Gasteiger partial charge < -0.3 is 10.0 Å². The van der Waals surface area contributed by atoms with Crippen molar-refractivity contribution < 1.29 is 9.90 Å². The molecule has 1 amide bonds. The molecule has 3 heterocycles. The number of likely N-dealkylation sites (tertiary alicyclic amines) is 1. The molecule has 1 aliphatic carbocycles. The molecule has 28 heavy (non-hydrogen) atoms. The maximum Gasteiger partial charge on any atom is 0.225 e. The third kappa shape index (κ3) is 4.26. The number of amides is 1. The summed E-state index contributed by atoms with van der Waals surface area (Å²) in [5, 5.41) is 14.1. The number of pyridine rings is 1. The van der Waals surface area contributed by atoms with Crippen molar-refractivity contribution in [3.05, 3.63) is 46.2 Å². The Morgan fingerprint density at radius 3 is 2.79 bits per heavy atom. The minimum absolute atomic E-state index is 0.229. The number of hydrogen-bond donors (Lipinski definition) is 1. The van der Waals surface area contributed by atoms with E-state index in [-0.39, 0.29) is 11.8 Å². The average molecular weight is 401 g/mol. The lowest BCUT2D eigenvalue weighted by Gasteiger charge is -2.40. The third-order valence-corrected chi connectivity index (χ3v) is 6.80. The number of carbonyl (C=O) groups is 1. The predicted octanol–water partition coefficient (Wildman–Crippen LogP) is 2.78. The van der Waals surface area contributed by atoms with Crippen LogP contribution in [0.1, 0.15) is 48.4 Å². The zero-order valence-corrected chi connectivity index (χ0v) is 17.2. The normalized spacial score (nSPS) is 19.6. The van der Waals surface area contributed by atoms with Crippen LogP contribution in [0.4, 0.5) is 0 Å². The van der Waals surface area contributed by atoms with E-state index in [2.05, 4.69) is 23.0 Å². The molecule has 0 radical (unpaired) electrons. The monoisotopic (exact) mass is 400 g/mol. The Morgan fingerprint density at radius 2 is 2.14 bits per heavy atom. The molecule has 1 aliphatic heterocycles. The molecule has 0 atom stereocenters. The zero-order valence-electron chi connectivity index (χ0n) is 16.4. The molecule has 2 aromatic rings. The van der Waals surface area contributed by atoms with Gasteiger partial charge in [0.15, 0.2) is 0 Å². The SMILES string of the molecule is CN(Cc1cccnc1)Cc1nc(C2(O)CCN(C(=O)C3CCC3)CC2)cs1. The fraction of sp³-hybridized carbons (Fsp3) is 0.571. The molecular formula is C21H28N4O2S. The predicted molar refractivity (Wildman–Crippen MR) is 109 cm³/mol. The first kappa shape index (κ1) is 19.5. The van der Waals surface area contributed by atoms with Gasteiger partial charge in [0.05, 0.1) is 12.2 Å². The van der Waals surface area contributed by atoms with Crippen molar-refractivity contribution in [1.82, 2.24) is 19.8 Å². The first-order chi connectivity index (χ1) is 13.5. The van der Waals surface area contributed by atoms with Crippen LogP contribution >= 0.6 is 11.3 Å². The highest BCUT2D eigenvalue weighted by Crippen LogP contribution is 2.36. The van der Waals surface area contributed by atoms with E-state index < -0.39 is 5.60 Å². The molecule has 2 aliphatic rings. The quantitative estimate of drug-likeness (QED) is 0.807. The number of aliphatic hydroxyl groups is 1. The fourth-order valence-corrected chi connectivity index (χ4v) is 4.92. The van der Waals surface area contributed by atoms with Gasteiger partial charge in [0.25, 0.3) is 0 Å². The molecule has 0 bridgehead atoms. The molecule has 6 nitrogen and oxygen atoms in total. The van der Waals surface area contributed by atoms with E-state index in [0.717, 1.165) is 36.6 Å². The fourth-order valence-electron chi connectivity index (χ4n) is 3.95. The molecule has 4 rings (SSSR count). The highest BCUT2D eigenvalue weighted by molar-refractivity contribution is 7.09. The maximum absolute atomic E-state index is 12.4. The van der Waals surface area contributed by atoms with Crippen molar-refractivity contribution in [3.63, 3.8) is 0 Å². The van der Waals surface area contributed by atoms with Crippen LogP contribution < -0.4 is 0 Å². The summed E-state index contributed by atoms with van der Waals surface area (Å²) in [6, 6.07) is 4.01. The van der Waals surface area contributed by atoms with E-state index in [1.54, 1.807) is 17.5 Å².